The average Bonchev–Trinajstić information content (AvgIpc) is 3.33. The molecule has 0 saturated carbocycles. The second kappa shape index (κ2) is 9.00. The number of amides is 1. The zero-order valence-electron chi connectivity index (χ0n) is 17.3. The number of halogens is 4. The SMILES string of the molecule is C=CC1C(Nc2ccc(C(F)(F)F)cn2)CCCN1C(=O)c1ccc(F)cc1-n1nccn1. The van der Waals surface area contributed by atoms with Crippen LogP contribution in [-0.4, -0.2) is 49.4 Å². The number of nitrogens with one attached hydrogen (secondary N) is 1. The van der Waals surface area contributed by atoms with E-state index in [0.717, 1.165) is 12.3 Å². The van der Waals surface area contributed by atoms with Gasteiger partial charge in [0.1, 0.15) is 17.3 Å². The minimum atomic E-state index is -4.47. The Kier molecular flexibility index (Phi) is 6.12. The predicted octanol–water partition coefficient (Wildman–Crippen LogP) is 4.09. The van der Waals surface area contributed by atoms with Crippen molar-refractivity contribution < 1.29 is 22.4 Å². The summed E-state index contributed by atoms with van der Waals surface area (Å²) in [4.78, 5) is 20.1. The molecule has 1 aliphatic rings. The normalized spacial score (nSPS) is 18.7. The molecule has 1 N–H and O–H groups in total. The zero-order chi connectivity index (χ0) is 23.6. The summed E-state index contributed by atoms with van der Waals surface area (Å²) >= 11 is 0. The van der Waals surface area contributed by atoms with Crippen molar-refractivity contribution in [2.45, 2.75) is 31.1 Å². The van der Waals surface area contributed by atoms with Crippen molar-refractivity contribution in [3.8, 4) is 5.69 Å². The molecule has 1 saturated heterocycles. The van der Waals surface area contributed by atoms with Gasteiger partial charge in [0, 0.05) is 18.8 Å². The third-order valence-electron chi connectivity index (χ3n) is 5.44. The average molecular weight is 460 g/mol. The number of hydrogen-bond acceptors (Lipinski definition) is 5. The molecule has 1 fully saturated rings. The van der Waals surface area contributed by atoms with Crippen LogP contribution in [-0.2, 0) is 6.18 Å². The molecular weight excluding hydrogens is 440 g/mol. The molecule has 1 aliphatic heterocycles. The Labute approximate surface area is 186 Å². The lowest BCUT2D eigenvalue weighted by Crippen LogP contribution is -2.52. The van der Waals surface area contributed by atoms with Crippen molar-refractivity contribution in [1.29, 1.82) is 0 Å². The summed E-state index contributed by atoms with van der Waals surface area (Å²) in [5, 5.41) is 11.1. The number of pyridine rings is 1. The van der Waals surface area contributed by atoms with Crippen molar-refractivity contribution in [2.75, 3.05) is 11.9 Å². The summed E-state index contributed by atoms with van der Waals surface area (Å²) in [5.41, 5.74) is -0.426. The van der Waals surface area contributed by atoms with Gasteiger partial charge in [-0.05, 0) is 37.1 Å². The summed E-state index contributed by atoms with van der Waals surface area (Å²) in [6.45, 7) is 4.27. The van der Waals surface area contributed by atoms with E-state index in [2.05, 4.69) is 27.1 Å². The second-order valence-electron chi connectivity index (χ2n) is 7.53. The van der Waals surface area contributed by atoms with E-state index in [0.29, 0.717) is 19.4 Å². The van der Waals surface area contributed by atoms with E-state index in [-0.39, 0.29) is 29.0 Å². The number of aromatic nitrogens is 4. The van der Waals surface area contributed by atoms with E-state index in [4.69, 9.17) is 0 Å². The topological polar surface area (TPSA) is 75.9 Å². The Morgan fingerprint density at radius 3 is 2.58 bits per heavy atom. The lowest BCUT2D eigenvalue weighted by Gasteiger charge is -2.40. The van der Waals surface area contributed by atoms with Crippen molar-refractivity contribution in [2.24, 2.45) is 0 Å². The molecule has 3 heterocycles. The molecule has 3 aromatic rings. The van der Waals surface area contributed by atoms with Crippen LogP contribution in [0.15, 0.2) is 61.6 Å². The highest BCUT2D eigenvalue weighted by molar-refractivity contribution is 5.98. The van der Waals surface area contributed by atoms with Crippen LogP contribution < -0.4 is 5.32 Å². The van der Waals surface area contributed by atoms with Gasteiger partial charge in [0.05, 0.1) is 35.6 Å². The number of hydrogen-bond donors (Lipinski definition) is 1. The number of likely N-dealkylation sites (tertiary alicyclic amines) is 1. The maximum absolute atomic E-state index is 13.9. The van der Waals surface area contributed by atoms with Crippen molar-refractivity contribution in [3.05, 3.63) is 78.5 Å². The van der Waals surface area contributed by atoms with Gasteiger partial charge in [0.2, 0.25) is 0 Å². The Hall–Kier alpha value is -3.76. The van der Waals surface area contributed by atoms with Gasteiger partial charge >= 0.3 is 6.18 Å². The fourth-order valence-corrected chi connectivity index (χ4v) is 3.89. The number of piperidine rings is 1. The molecule has 1 amide bonds. The minimum Gasteiger partial charge on any atom is -0.365 e. The summed E-state index contributed by atoms with van der Waals surface area (Å²) in [6.07, 6.45) is 2.03. The Balaban J connectivity index is 1.58. The summed E-state index contributed by atoms with van der Waals surface area (Å²) in [6, 6.07) is 5.16. The quantitative estimate of drug-likeness (QED) is 0.459. The molecule has 0 bridgehead atoms. The number of anilines is 1. The Morgan fingerprint density at radius 2 is 1.94 bits per heavy atom. The fraction of sp³-hybridized carbons (Fsp3) is 0.273. The van der Waals surface area contributed by atoms with Crippen LogP contribution in [0.4, 0.5) is 23.4 Å². The number of benzene rings is 1. The number of carbonyl (C=O) groups excluding carboxylic acids is 1. The summed E-state index contributed by atoms with van der Waals surface area (Å²) in [5.74, 6) is -0.637. The standard InChI is InChI=1S/C22H20F4N6O/c1-2-18-17(30-20-8-5-14(13-27-20)22(24,25)26)4-3-11-31(18)21(33)16-7-6-15(23)12-19(16)32-28-9-10-29-32/h2,5-10,12-13,17-18H,1,3-4,11H2,(H,27,30). The third kappa shape index (κ3) is 4.71. The molecule has 33 heavy (non-hydrogen) atoms. The highest BCUT2D eigenvalue weighted by atomic mass is 19.4. The smallest absolute Gasteiger partial charge is 0.365 e. The Bertz CT molecular complexity index is 1130. The van der Waals surface area contributed by atoms with Gasteiger partial charge < -0.3 is 10.2 Å². The first-order chi connectivity index (χ1) is 15.8. The lowest BCUT2D eigenvalue weighted by atomic mass is 9.94. The second-order valence-corrected chi connectivity index (χ2v) is 7.53. The molecule has 4 rings (SSSR count). The van der Waals surface area contributed by atoms with Crippen molar-refractivity contribution >= 4 is 11.7 Å². The molecule has 172 valence electrons. The van der Waals surface area contributed by atoms with Gasteiger partial charge in [-0.2, -0.15) is 28.2 Å². The van der Waals surface area contributed by atoms with E-state index in [1.54, 1.807) is 11.0 Å². The molecule has 0 radical (unpaired) electrons. The molecule has 1 aromatic carbocycles. The van der Waals surface area contributed by atoms with Gasteiger partial charge in [0.15, 0.2) is 0 Å². The van der Waals surface area contributed by atoms with E-state index in [9.17, 15) is 22.4 Å². The van der Waals surface area contributed by atoms with E-state index >= 15 is 0 Å². The number of nitrogens with zero attached hydrogens (tertiary/aromatic N) is 5. The molecule has 2 aromatic heterocycles. The first kappa shape index (κ1) is 22.4. The number of carbonyl (C=O) groups is 1. The van der Waals surface area contributed by atoms with E-state index in [1.807, 2.05) is 0 Å². The molecule has 2 unspecified atom stereocenters. The van der Waals surface area contributed by atoms with Gasteiger partial charge in [-0.1, -0.05) is 6.08 Å². The molecule has 7 nitrogen and oxygen atoms in total. The predicted molar refractivity (Wildman–Crippen MR) is 112 cm³/mol. The minimum absolute atomic E-state index is 0.201. The Morgan fingerprint density at radius 1 is 1.18 bits per heavy atom. The van der Waals surface area contributed by atoms with Crippen LogP contribution in [0.2, 0.25) is 0 Å². The van der Waals surface area contributed by atoms with Crippen LogP contribution in [0, 0.1) is 5.82 Å². The van der Waals surface area contributed by atoms with Crippen LogP contribution >= 0.6 is 0 Å². The third-order valence-corrected chi connectivity index (χ3v) is 5.44. The van der Waals surface area contributed by atoms with Crippen molar-refractivity contribution in [3.63, 3.8) is 0 Å². The van der Waals surface area contributed by atoms with Gasteiger partial charge in [0.25, 0.3) is 5.91 Å². The van der Waals surface area contributed by atoms with Crippen LogP contribution in [0.3, 0.4) is 0 Å². The van der Waals surface area contributed by atoms with Crippen LogP contribution in [0.1, 0.15) is 28.8 Å². The molecule has 11 heteroatoms. The number of rotatable bonds is 5. The van der Waals surface area contributed by atoms with Gasteiger partial charge in [-0.25, -0.2) is 9.37 Å². The van der Waals surface area contributed by atoms with Crippen molar-refractivity contribution in [1.82, 2.24) is 24.9 Å². The monoisotopic (exact) mass is 460 g/mol. The van der Waals surface area contributed by atoms with Gasteiger partial charge in [-0.3, -0.25) is 4.79 Å². The number of alkyl halides is 3. The first-order valence-electron chi connectivity index (χ1n) is 10.2. The van der Waals surface area contributed by atoms with E-state index < -0.39 is 23.6 Å². The zero-order valence-corrected chi connectivity index (χ0v) is 17.3. The van der Waals surface area contributed by atoms with Crippen LogP contribution in [0.25, 0.3) is 5.69 Å². The highest BCUT2D eigenvalue weighted by Gasteiger charge is 2.35. The maximum Gasteiger partial charge on any atom is 0.417 e. The maximum atomic E-state index is 13.9. The first-order valence-corrected chi connectivity index (χ1v) is 10.2. The molecule has 0 aliphatic carbocycles. The fourth-order valence-electron chi connectivity index (χ4n) is 3.89. The molecule has 0 spiro atoms. The summed E-state index contributed by atoms with van der Waals surface area (Å²) in [7, 11) is 0. The lowest BCUT2D eigenvalue weighted by molar-refractivity contribution is -0.137. The largest absolute Gasteiger partial charge is 0.417 e. The van der Waals surface area contributed by atoms with E-state index in [1.165, 1.54) is 41.5 Å². The van der Waals surface area contributed by atoms with Gasteiger partial charge in [-0.15, -0.1) is 6.58 Å². The highest BCUT2D eigenvalue weighted by Crippen LogP contribution is 2.30. The molecular formula is C22H20F4N6O. The molecule has 2 atom stereocenters. The van der Waals surface area contributed by atoms with Crippen LogP contribution in [0.5, 0.6) is 0 Å². The summed E-state index contributed by atoms with van der Waals surface area (Å²) < 4.78 is 52.3.